The molecule has 1 aliphatic heterocycles. The van der Waals surface area contributed by atoms with Gasteiger partial charge in [-0.2, -0.15) is 0 Å². The van der Waals surface area contributed by atoms with Crippen LogP contribution in [0, 0.1) is 0 Å². The number of ether oxygens (including phenoxy) is 2. The number of carbonyl (C=O) groups excluding carboxylic acids is 1. The van der Waals surface area contributed by atoms with Crippen LogP contribution < -0.4 is 19.5 Å². The molecule has 4 rings (SSSR count). The van der Waals surface area contributed by atoms with Gasteiger partial charge in [0.05, 0.1) is 15.6 Å². The molecule has 0 bridgehead atoms. The molecule has 7 nitrogen and oxygen atoms in total. The van der Waals surface area contributed by atoms with Gasteiger partial charge in [-0.1, -0.05) is 23.7 Å². The van der Waals surface area contributed by atoms with Crippen LogP contribution in [-0.2, 0) is 10.0 Å². The summed E-state index contributed by atoms with van der Waals surface area (Å²) in [6.07, 6.45) is 0. The third kappa shape index (κ3) is 4.34. The molecule has 0 aromatic heterocycles. The highest BCUT2D eigenvalue weighted by Crippen LogP contribution is 2.31. The van der Waals surface area contributed by atoms with Gasteiger partial charge >= 0.3 is 0 Å². The standard InChI is InChI=1S/C21H17ClN2O5S/c22-17-3-1-2-4-18(17)24-30(26,27)16-8-6-15(7-9-16)23-21(25)14-5-10-19-20(13-14)29-12-11-28-19/h1-10,13,24H,11-12H2,(H,23,25). The smallest absolute Gasteiger partial charge is 0.261 e. The molecule has 0 fully saturated rings. The van der Waals surface area contributed by atoms with Crippen molar-refractivity contribution < 1.29 is 22.7 Å². The Bertz CT molecular complexity index is 1200. The van der Waals surface area contributed by atoms with Crippen LogP contribution in [-0.4, -0.2) is 27.5 Å². The zero-order valence-electron chi connectivity index (χ0n) is 15.6. The van der Waals surface area contributed by atoms with E-state index in [1.165, 1.54) is 24.3 Å². The van der Waals surface area contributed by atoms with Crippen molar-refractivity contribution in [3.63, 3.8) is 0 Å². The number of anilines is 2. The molecule has 154 valence electrons. The molecule has 0 aliphatic carbocycles. The first-order valence-electron chi connectivity index (χ1n) is 9.01. The van der Waals surface area contributed by atoms with Gasteiger partial charge in [0.25, 0.3) is 15.9 Å². The van der Waals surface area contributed by atoms with E-state index in [9.17, 15) is 13.2 Å². The highest BCUT2D eigenvalue weighted by molar-refractivity contribution is 7.92. The number of hydrogen-bond donors (Lipinski definition) is 2. The van der Waals surface area contributed by atoms with Crippen LogP contribution in [0.2, 0.25) is 5.02 Å². The number of fused-ring (bicyclic) bond motifs is 1. The minimum Gasteiger partial charge on any atom is -0.486 e. The quantitative estimate of drug-likeness (QED) is 0.616. The van der Waals surface area contributed by atoms with Crippen molar-refractivity contribution in [1.82, 2.24) is 0 Å². The van der Waals surface area contributed by atoms with E-state index in [0.717, 1.165) is 0 Å². The second-order valence-electron chi connectivity index (χ2n) is 6.42. The van der Waals surface area contributed by atoms with Gasteiger partial charge in [0.1, 0.15) is 13.2 Å². The topological polar surface area (TPSA) is 93.7 Å². The number of carbonyl (C=O) groups is 1. The van der Waals surface area contributed by atoms with Gasteiger partial charge in [-0.15, -0.1) is 0 Å². The maximum atomic E-state index is 12.6. The van der Waals surface area contributed by atoms with Gasteiger partial charge in [-0.3, -0.25) is 9.52 Å². The summed E-state index contributed by atoms with van der Waals surface area (Å²) >= 11 is 6.01. The van der Waals surface area contributed by atoms with Crippen LogP contribution in [0.5, 0.6) is 11.5 Å². The summed E-state index contributed by atoms with van der Waals surface area (Å²) in [6.45, 7) is 0.898. The second-order valence-corrected chi connectivity index (χ2v) is 8.51. The normalized spacial score (nSPS) is 12.8. The molecule has 1 heterocycles. The van der Waals surface area contributed by atoms with Crippen molar-refractivity contribution in [2.24, 2.45) is 0 Å². The minimum absolute atomic E-state index is 0.0414. The highest BCUT2D eigenvalue weighted by Gasteiger charge is 2.17. The molecule has 0 unspecified atom stereocenters. The maximum absolute atomic E-state index is 12.6. The number of halogens is 1. The van der Waals surface area contributed by atoms with Crippen LogP contribution in [0.25, 0.3) is 0 Å². The van der Waals surface area contributed by atoms with Crippen molar-refractivity contribution >= 4 is 38.9 Å². The fourth-order valence-corrected chi connectivity index (χ4v) is 4.17. The first kappa shape index (κ1) is 20.1. The van der Waals surface area contributed by atoms with E-state index >= 15 is 0 Å². The molecule has 1 aliphatic rings. The van der Waals surface area contributed by atoms with Crippen LogP contribution >= 0.6 is 11.6 Å². The van der Waals surface area contributed by atoms with Crippen LogP contribution in [0.15, 0.2) is 71.6 Å². The number of rotatable bonds is 5. The summed E-state index contributed by atoms with van der Waals surface area (Å²) in [4.78, 5) is 12.5. The zero-order valence-corrected chi connectivity index (χ0v) is 17.2. The molecule has 0 atom stereocenters. The molecule has 0 saturated heterocycles. The Morgan fingerprint density at radius 2 is 1.60 bits per heavy atom. The van der Waals surface area contributed by atoms with Gasteiger partial charge in [0, 0.05) is 11.3 Å². The molecule has 1 amide bonds. The number of sulfonamides is 1. The van der Waals surface area contributed by atoms with Crippen molar-refractivity contribution in [2.45, 2.75) is 4.90 Å². The Kier molecular flexibility index (Phi) is 5.52. The van der Waals surface area contributed by atoms with Gasteiger partial charge in [0.2, 0.25) is 0 Å². The average Bonchev–Trinajstić information content (AvgIpc) is 2.75. The molecule has 0 radical (unpaired) electrons. The van der Waals surface area contributed by atoms with E-state index in [2.05, 4.69) is 10.0 Å². The van der Waals surface area contributed by atoms with Crippen LogP contribution in [0.1, 0.15) is 10.4 Å². The highest BCUT2D eigenvalue weighted by atomic mass is 35.5. The van der Waals surface area contributed by atoms with Crippen molar-refractivity contribution in [3.05, 3.63) is 77.3 Å². The lowest BCUT2D eigenvalue weighted by Crippen LogP contribution is -2.17. The van der Waals surface area contributed by atoms with Crippen molar-refractivity contribution in [2.75, 3.05) is 23.3 Å². The predicted molar refractivity (Wildman–Crippen MR) is 114 cm³/mol. The Hall–Kier alpha value is -3.23. The summed E-state index contributed by atoms with van der Waals surface area (Å²) in [5, 5.41) is 3.03. The lowest BCUT2D eigenvalue weighted by molar-refractivity contribution is 0.102. The third-order valence-electron chi connectivity index (χ3n) is 4.35. The SMILES string of the molecule is O=C(Nc1ccc(S(=O)(=O)Nc2ccccc2Cl)cc1)c1ccc2c(c1)OCCO2. The summed E-state index contributed by atoms with van der Waals surface area (Å²) in [6, 6.07) is 17.3. The Balaban J connectivity index is 1.47. The third-order valence-corrected chi connectivity index (χ3v) is 6.06. The first-order valence-corrected chi connectivity index (χ1v) is 10.9. The van der Waals surface area contributed by atoms with Crippen molar-refractivity contribution in [3.8, 4) is 11.5 Å². The molecule has 3 aromatic carbocycles. The lowest BCUT2D eigenvalue weighted by atomic mass is 10.1. The van der Waals surface area contributed by atoms with E-state index < -0.39 is 10.0 Å². The molecule has 30 heavy (non-hydrogen) atoms. The molecular weight excluding hydrogens is 428 g/mol. The van der Waals surface area contributed by atoms with E-state index in [0.29, 0.717) is 41.0 Å². The van der Waals surface area contributed by atoms with Crippen LogP contribution in [0.3, 0.4) is 0 Å². The summed E-state index contributed by atoms with van der Waals surface area (Å²) in [5.41, 5.74) is 1.14. The minimum atomic E-state index is -3.82. The first-order chi connectivity index (χ1) is 14.4. The van der Waals surface area contributed by atoms with E-state index in [1.54, 1.807) is 42.5 Å². The Morgan fingerprint density at radius 1 is 0.900 bits per heavy atom. The molecule has 0 saturated carbocycles. The number of para-hydroxylation sites is 1. The molecule has 3 aromatic rings. The summed E-state index contributed by atoms with van der Waals surface area (Å²) in [7, 11) is -3.82. The zero-order chi connectivity index (χ0) is 21.1. The van der Waals surface area contributed by atoms with Crippen LogP contribution in [0.4, 0.5) is 11.4 Å². The molecule has 2 N–H and O–H groups in total. The molecule has 0 spiro atoms. The Morgan fingerprint density at radius 3 is 2.33 bits per heavy atom. The number of nitrogens with one attached hydrogen (secondary N) is 2. The Labute approximate surface area is 178 Å². The van der Waals surface area contributed by atoms with Gasteiger partial charge in [-0.25, -0.2) is 8.42 Å². The maximum Gasteiger partial charge on any atom is 0.261 e. The van der Waals surface area contributed by atoms with Gasteiger partial charge in [0.15, 0.2) is 11.5 Å². The summed E-state index contributed by atoms with van der Waals surface area (Å²) < 4.78 is 38.5. The van der Waals surface area contributed by atoms with E-state index in [4.69, 9.17) is 21.1 Å². The van der Waals surface area contributed by atoms with Gasteiger partial charge in [-0.05, 0) is 54.6 Å². The summed E-state index contributed by atoms with van der Waals surface area (Å²) in [5.74, 6) is 0.760. The van der Waals surface area contributed by atoms with Crippen molar-refractivity contribution in [1.29, 1.82) is 0 Å². The lowest BCUT2D eigenvalue weighted by Gasteiger charge is -2.18. The molecular formula is C21H17ClN2O5S. The predicted octanol–water partition coefficient (Wildman–Crippen LogP) is 4.16. The fourth-order valence-electron chi connectivity index (χ4n) is 2.85. The van der Waals surface area contributed by atoms with Gasteiger partial charge < -0.3 is 14.8 Å². The number of hydrogen-bond acceptors (Lipinski definition) is 5. The number of benzene rings is 3. The van der Waals surface area contributed by atoms with E-state index in [-0.39, 0.29) is 16.5 Å². The van der Waals surface area contributed by atoms with E-state index in [1.807, 2.05) is 0 Å². The monoisotopic (exact) mass is 444 g/mol. The number of amides is 1. The second kappa shape index (κ2) is 8.25. The largest absolute Gasteiger partial charge is 0.486 e. The average molecular weight is 445 g/mol. The molecule has 9 heteroatoms. The fraction of sp³-hybridized carbons (Fsp3) is 0.0952.